The molecule has 2 amide bonds. The molecular weight excluding hydrogens is 332 g/mol. The molecule has 3 aliphatic rings. The molecule has 6 nitrogen and oxygen atoms in total. The molecule has 1 fully saturated rings. The maximum absolute atomic E-state index is 13.2. The van der Waals surface area contributed by atoms with Gasteiger partial charge in [0.15, 0.2) is 11.5 Å². The minimum absolute atomic E-state index is 0.0204. The van der Waals surface area contributed by atoms with Crippen LogP contribution in [-0.2, 0) is 16.1 Å². The lowest BCUT2D eigenvalue weighted by Gasteiger charge is -2.45. The van der Waals surface area contributed by atoms with E-state index in [4.69, 9.17) is 9.47 Å². The molecule has 1 aromatic rings. The third-order valence-electron chi connectivity index (χ3n) is 5.63. The third-order valence-corrected chi connectivity index (χ3v) is 5.63. The van der Waals surface area contributed by atoms with Crippen LogP contribution < -0.4 is 14.8 Å². The second kappa shape index (κ2) is 6.67. The Balaban J connectivity index is 1.52. The van der Waals surface area contributed by atoms with E-state index in [1.165, 1.54) is 0 Å². The summed E-state index contributed by atoms with van der Waals surface area (Å²) in [7, 11) is 0. The average Bonchev–Trinajstić information content (AvgIpc) is 3.14. The zero-order valence-electron chi connectivity index (χ0n) is 15.0. The number of carbonyl (C=O) groups excluding carboxylic acids is 2. The maximum atomic E-state index is 13.2. The predicted octanol–water partition coefficient (Wildman–Crippen LogP) is 2.73. The summed E-state index contributed by atoms with van der Waals surface area (Å²) in [5.41, 5.74) is 1.31. The number of rotatable bonds is 4. The van der Waals surface area contributed by atoms with Crippen molar-refractivity contribution in [1.29, 1.82) is 0 Å². The second-order valence-corrected chi connectivity index (χ2v) is 7.07. The molecular formula is C20H24N2O4. The first-order chi connectivity index (χ1) is 12.6. The van der Waals surface area contributed by atoms with E-state index >= 15 is 0 Å². The Morgan fingerprint density at radius 2 is 2.12 bits per heavy atom. The number of benzene rings is 1. The number of ether oxygens (including phenoxy) is 2. The van der Waals surface area contributed by atoms with Crippen molar-refractivity contribution in [1.82, 2.24) is 10.2 Å². The summed E-state index contributed by atoms with van der Waals surface area (Å²) in [5, 5.41) is 3.10. The number of nitrogens with one attached hydrogen (secondary N) is 1. The SMILES string of the molecule is CCN1C(=O)CCC2(C(=O)NCc3ccc4c(c3)OCO4)CCCC=C12. The summed E-state index contributed by atoms with van der Waals surface area (Å²) < 4.78 is 10.7. The van der Waals surface area contributed by atoms with Crippen molar-refractivity contribution in [2.45, 2.75) is 45.6 Å². The topological polar surface area (TPSA) is 67.9 Å². The fourth-order valence-corrected chi connectivity index (χ4v) is 4.27. The fourth-order valence-electron chi connectivity index (χ4n) is 4.27. The lowest BCUT2D eigenvalue weighted by atomic mass is 9.69. The first kappa shape index (κ1) is 16.9. The predicted molar refractivity (Wildman–Crippen MR) is 95.4 cm³/mol. The molecule has 0 aromatic heterocycles. The van der Waals surface area contributed by atoms with Crippen LogP contribution in [0.3, 0.4) is 0 Å². The van der Waals surface area contributed by atoms with Crippen LogP contribution in [0, 0.1) is 5.41 Å². The van der Waals surface area contributed by atoms with Crippen LogP contribution in [0.15, 0.2) is 30.0 Å². The van der Waals surface area contributed by atoms with Crippen molar-refractivity contribution in [3.8, 4) is 11.5 Å². The molecule has 0 saturated carbocycles. The lowest BCUT2D eigenvalue weighted by Crippen LogP contribution is -2.52. The Morgan fingerprint density at radius 1 is 1.27 bits per heavy atom. The largest absolute Gasteiger partial charge is 0.454 e. The molecule has 2 aliphatic heterocycles. The highest BCUT2D eigenvalue weighted by atomic mass is 16.7. The number of hydrogen-bond acceptors (Lipinski definition) is 4. The Labute approximate surface area is 153 Å². The van der Waals surface area contributed by atoms with Gasteiger partial charge < -0.3 is 19.7 Å². The zero-order valence-corrected chi connectivity index (χ0v) is 15.0. The normalized spacial score (nSPS) is 24.1. The Bertz CT molecular complexity index is 773. The van der Waals surface area contributed by atoms with Gasteiger partial charge in [-0.25, -0.2) is 0 Å². The average molecular weight is 356 g/mol. The van der Waals surface area contributed by atoms with Gasteiger partial charge in [0.25, 0.3) is 0 Å². The van der Waals surface area contributed by atoms with Crippen molar-refractivity contribution in [3.05, 3.63) is 35.5 Å². The smallest absolute Gasteiger partial charge is 0.232 e. The third kappa shape index (κ3) is 2.73. The molecule has 1 N–H and O–H groups in total. The molecule has 0 radical (unpaired) electrons. The van der Waals surface area contributed by atoms with Gasteiger partial charge in [0.2, 0.25) is 18.6 Å². The van der Waals surface area contributed by atoms with Gasteiger partial charge in [0.1, 0.15) is 0 Å². The summed E-state index contributed by atoms with van der Waals surface area (Å²) in [5.74, 6) is 1.60. The summed E-state index contributed by atoms with van der Waals surface area (Å²) in [6.07, 6.45) is 5.83. The van der Waals surface area contributed by atoms with Crippen LogP contribution in [-0.4, -0.2) is 30.1 Å². The molecule has 1 aliphatic carbocycles. The van der Waals surface area contributed by atoms with Gasteiger partial charge in [-0.1, -0.05) is 12.1 Å². The first-order valence-corrected chi connectivity index (χ1v) is 9.32. The van der Waals surface area contributed by atoms with Crippen LogP contribution in [0.5, 0.6) is 11.5 Å². The second-order valence-electron chi connectivity index (χ2n) is 7.07. The van der Waals surface area contributed by atoms with Gasteiger partial charge in [-0.15, -0.1) is 0 Å². The van der Waals surface area contributed by atoms with Crippen molar-refractivity contribution < 1.29 is 19.1 Å². The summed E-state index contributed by atoms with van der Waals surface area (Å²) in [6, 6.07) is 5.71. The molecule has 6 heteroatoms. The van der Waals surface area contributed by atoms with E-state index in [1.54, 1.807) is 4.90 Å². The van der Waals surface area contributed by atoms with Crippen LogP contribution in [0.2, 0.25) is 0 Å². The quantitative estimate of drug-likeness (QED) is 0.901. The molecule has 1 unspecified atom stereocenters. The maximum Gasteiger partial charge on any atom is 0.232 e. The van der Waals surface area contributed by atoms with E-state index in [2.05, 4.69) is 11.4 Å². The van der Waals surface area contributed by atoms with Gasteiger partial charge >= 0.3 is 0 Å². The number of likely N-dealkylation sites (tertiary alicyclic amines) is 1. The Hall–Kier alpha value is -2.50. The van der Waals surface area contributed by atoms with Crippen molar-refractivity contribution in [2.24, 2.45) is 5.41 Å². The number of carbonyl (C=O) groups is 2. The first-order valence-electron chi connectivity index (χ1n) is 9.32. The van der Waals surface area contributed by atoms with E-state index in [1.807, 2.05) is 25.1 Å². The van der Waals surface area contributed by atoms with E-state index < -0.39 is 5.41 Å². The van der Waals surface area contributed by atoms with E-state index in [0.29, 0.717) is 31.7 Å². The number of nitrogens with zero attached hydrogens (tertiary/aromatic N) is 1. The summed E-state index contributed by atoms with van der Waals surface area (Å²) in [6.45, 7) is 3.25. The van der Waals surface area contributed by atoms with Crippen molar-refractivity contribution in [3.63, 3.8) is 0 Å². The van der Waals surface area contributed by atoms with E-state index in [0.717, 1.165) is 36.3 Å². The number of fused-ring (bicyclic) bond motifs is 2. The lowest BCUT2D eigenvalue weighted by molar-refractivity contribution is -0.140. The van der Waals surface area contributed by atoms with Gasteiger partial charge in [0, 0.05) is 25.2 Å². The van der Waals surface area contributed by atoms with Gasteiger partial charge in [-0.2, -0.15) is 0 Å². The molecule has 4 rings (SSSR count). The van der Waals surface area contributed by atoms with Gasteiger partial charge in [-0.3, -0.25) is 9.59 Å². The number of piperidine rings is 1. The van der Waals surface area contributed by atoms with Crippen LogP contribution in [0.25, 0.3) is 0 Å². The number of amides is 2. The van der Waals surface area contributed by atoms with Gasteiger partial charge in [0.05, 0.1) is 5.41 Å². The monoisotopic (exact) mass is 356 g/mol. The molecule has 1 atom stereocenters. The van der Waals surface area contributed by atoms with Crippen LogP contribution >= 0.6 is 0 Å². The highest BCUT2D eigenvalue weighted by Crippen LogP contribution is 2.46. The molecule has 2 heterocycles. The molecule has 26 heavy (non-hydrogen) atoms. The number of hydrogen-bond donors (Lipinski definition) is 1. The molecule has 138 valence electrons. The highest BCUT2D eigenvalue weighted by Gasteiger charge is 2.49. The van der Waals surface area contributed by atoms with Crippen LogP contribution in [0.4, 0.5) is 0 Å². The van der Waals surface area contributed by atoms with Crippen molar-refractivity contribution >= 4 is 11.8 Å². The molecule has 1 saturated heterocycles. The fraction of sp³-hybridized carbons (Fsp3) is 0.500. The minimum Gasteiger partial charge on any atom is -0.454 e. The molecule has 1 aromatic carbocycles. The van der Waals surface area contributed by atoms with E-state index in [-0.39, 0.29) is 18.6 Å². The van der Waals surface area contributed by atoms with Gasteiger partial charge in [-0.05, 0) is 50.3 Å². The molecule has 0 bridgehead atoms. The standard InChI is InChI=1S/C20H24N2O4/c1-2-22-17-5-3-4-9-20(17,10-8-18(22)23)19(24)21-12-14-6-7-15-16(11-14)26-13-25-15/h5-7,11H,2-4,8-10,12-13H2,1H3,(H,21,24). The zero-order chi connectivity index (χ0) is 18.1. The van der Waals surface area contributed by atoms with Crippen molar-refractivity contribution in [2.75, 3.05) is 13.3 Å². The Morgan fingerprint density at radius 3 is 2.96 bits per heavy atom. The molecule has 0 spiro atoms. The van der Waals surface area contributed by atoms with E-state index in [9.17, 15) is 9.59 Å². The minimum atomic E-state index is -0.571. The Kier molecular flexibility index (Phi) is 4.34. The summed E-state index contributed by atoms with van der Waals surface area (Å²) in [4.78, 5) is 27.2. The number of allylic oxidation sites excluding steroid dienone is 1. The highest BCUT2D eigenvalue weighted by molar-refractivity contribution is 5.91. The summed E-state index contributed by atoms with van der Waals surface area (Å²) >= 11 is 0. The van der Waals surface area contributed by atoms with Crippen LogP contribution in [0.1, 0.15) is 44.6 Å².